The second kappa shape index (κ2) is 9.67. The Balaban J connectivity index is 1.63. The number of amides is 1. The van der Waals surface area contributed by atoms with Crippen LogP contribution in [0, 0.1) is 0 Å². The highest BCUT2D eigenvalue weighted by Gasteiger charge is 2.32. The van der Waals surface area contributed by atoms with E-state index in [2.05, 4.69) is 24.1 Å². The van der Waals surface area contributed by atoms with Gasteiger partial charge in [0, 0.05) is 26.6 Å². The monoisotopic (exact) mass is 396 g/mol. The lowest BCUT2D eigenvalue weighted by molar-refractivity contribution is -0.134. The number of hydrogen-bond acceptors (Lipinski definition) is 4. The summed E-state index contributed by atoms with van der Waals surface area (Å²) in [4.78, 5) is 28.0. The number of benzene rings is 2. The first-order valence-electron chi connectivity index (χ1n) is 9.89. The van der Waals surface area contributed by atoms with E-state index in [1.54, 1.807) is 36.2 Å². The second-order valence-electron chi connectivity index (χ2n) is 7.48. The lowest BCUT2D eigenvalue weighted by atomic mass is 9.98. The van der Waals surface area contributed by atoms with Gasteiger partial charge in [0.25, 0.3) is 0 Å². The predicted molar refractivity (Wildman–Crippen MR) is 111 cm³/mol. The number of carboxylic acid groups (broad SMARTS) is 1. The van der Waals surface area contributed by atoms with Crippen molar-refractivity contribution in [2.24, 2.45) is 0 Å². The summed E-state index contributed by atoms with van der Waals surface area (Å²) < 4.78 is 6.04. The highest BCUT2D eigenvalue weighted by atomic mass is 16.5. The van der Waals surface area contributed by atoms with E-state index in [1.807, 2.05) is 18.2 Å². The van der Waals surface area contributed by atoms with Crippen LogP contribution in [0.3, 0.4) is 0 Å². The molecule has 0 unspecified atom stereocenters. The number of aromatic carboxylic acids is 1. The van der Waals surface area contributed by atoms with Crippen molar-refractivity contribution in [2.75, 3.05) is 33.8 Å². The van der Waals surface area contributed by atoms with Crippen molar-refractivity contribution in [3.8, 4) is 0 Å². The number of carbonyl (C=O) groups excluding carboxylic acids is 1. The van der Waals surface area contributed by atoms with Gasteiger partial charge in [-0.25, -0.2) is 4.79 Å². The summed E-state index contributed by atoms with van der Waals surface area (Å²) >= 11 is 0. The summed E-state index contributed by atoms with van der Waals surface area (Å²) in [6.45, 7) is 1.97. The molecule has 6 nitrogen and oxygen atoms in total. The molecule has 0 saturated carbocycles. The van der Waals surface area contributed by atoms with Gasteiger partial charge in [-0.2, -0.15) is 0 Å². The molecule has 2 aromatic carbocycles. The lowest BCUT2D eigenvalue weighted by Crippen LogP contribution is -2.48. The molecule has 154 valence electrons. The maximum atomic E-state index is 12.7. The fourth-order valence-electron chi connectivity index (χ4n) is 3.89. The van der Waals surface area contributed by atoms with Crippen molar-refractivity contribution in [1.82, 2.24) is 9.80 Å². The average Bonchev–Trinajstić information content (AvgIpc) is 2.72. The zero-order valence-electron chi connectivity index (χ0n) is 17.0. The number of hydrogen-bond donors (Lipinski definition) is 1. The van der Waals surface area contributed by atoms with Gasteiger partial charge in [-0.1, -0.05) is 48.5 Å². The Morgan fingerprint density at radius 1 is 1.14 bits per heavy atom. The van der Waals surface area contributed by atoms with Crippen LogP contribution >= 0.6 is 0 Å². The van der Waals surface area contributed by atoms with Crippen molar-refractivity contribution >= 4 is 11.9 Å². The smallest absolute Gasteiger partial charge is 0.335 e. The summed E-state index contributed by atoms with van der Waals surface area (Å²) in [6, 6.07) is 17.1. The third-order valence-corrected chi connectivity index (χ3v) is 5.48. The first kappa shape index (κ1) is 21.0. The van der Waals surface area contributed by atoms with Crippen LogP contribution < -0.4 is 0 Å². The summed E-state index contributed by atoms with van der Waals surface area (Å²) in [7, 11) is 3.86. The van der Waals surface area contributed by atoms with Gasteiger partial charge in [-0.05, 0) is 30.7 Å². The van der Waals surface area contributed by atoms with Crippen molar-refractivity contribution in [1.29, 1.82) is 0 Å². The van der Waals surface area contributed by atoms with Gasteiger partial charge in [-0.3, -0.25) is 9.69 Å². The number of carbonyl (C=O) groups is 2. The van der Waals surface area contributed by atoms with Crippen LogP contribution in [0.15, 0.2) is 54.6 Å². The van der Waals surface area contributed by atoms with Gasteiger partial charge in [0.05, 0.1) is 24.3 Å². The highest BCUT2D eigenvalue weighted by molar-refractivity contribution is 5.89. The molecule has 1 fully saturated rings. The van der Waals surface area contributed by atoms with Crippen LogP contribution in [0.2, 0.25) is 0 Å². The van der Waals surface area contributed by atoms with Gasteiger partial charge in [0.2, 0.25) is 5.91 Å². The third kappa shape index (κ3) is 5.22. The lowest BCUT2D eigenvalue weighted by Gasteiger charge is -2.40. The first-order valence-corrected chi connectivity index (χ1v) is 9.89. The molecular formula is C23H28N2O4. The molecule has 1 saturated heterocycles. The number of aryl methyl sites for hydroxylation is 1. The van der Waals surface area contributed by atoms with Crippen LogP contribution in [-0.2, 0) is 16.0 Å². The van der Waals surface area contributed by atoms with Crippen LogP contribution in [0.4, 0.5) is 0 Å². The molecule has 0 spiro atoms. The molecule has 0 aromatic heterocycles. The molecule has 0 aliphatic carbocycles. The van der Waals surface area contributed by atoms with Crippen molar-refractivity contribution < 1.29 is 19.4 Å². The number of nitrogens with zero attached hydrogens (tertiary/aromatic N) is 2. The molecule has 1 heterocycles. The van der Waals surface area contributed by atoms with E-state index in [0.29, 0.717) is 25.1 Å². The summed E-state index contributed by atoms with van der Waals surface area (Å²) in [6.07, 6.45) is 0.551. The molecule has 0 bridgehead atoms. The van der Waals surface area contributed by atoms with Gasteiger partial charge < -0.3 is 14.7 Å². The third-order valence-electron chi connectivity index (χ3n) is 5.48. The SMILES string of the molecule is CN(C[C@@H]1OCCN(C)[C@H]1c1ccccc1)C(=O)CCc1ccccc1C(=O)O. The Bertz CT molecular complexity index is 840. The summed E-state index contributed by atoms with van der Waals surface area (Å²) in [5.41, 5.74) is 2.11. The molecule has 1 aliphatic heterocycles. The zero-order chi connectivity index (χ0) is 20.8. The summed E-state index contributed by atoms with van der Waals surface area (Å²) in [5, 5.41) is 9.30. The minimum absolute atomic E-state index is 0.0196. The van der Waals surface area contributed by atoms with E-state index in [0.717, 1.165) is 6.54 Å². The quantitative estimate of drug-likeness (QED) is 0.779. The first-order chi connectivity index (χ1) is 14.0. The van der Waals surface area contributed by atoms with E-state index in [1.165, 1.54) is 5.56 Å². The molecule has 0 radical (unpaired) electrons. The largest absolute Gasteiger partial charge is 0.478 e. The molecule has 2 atom stereocenters. The number of rotatable bonds is 7. The Morgan fingerprint density at radius 3 is 2.55 bits per heavy atom. The zero-order valence-corrected chi connectivity index (χ0v) is 17.0. The Morgan fingerprint density at radius 2 is 1.83 bits per heavy atom. The van der Waals surface area contributed by atoms with Crippen molar-refractivity contribution in [3.05, 3.63) is 71.3 Å². The molecule has 1 N–H and O–H groups in total. The van der Waals surface area contributed by atoms with Crippen LogP contribution in [0.1, 0.15) is 33.9 Å². The van der Waals surface area contributed by atoms with Gasteiger partial charge in [0.15, 0.2) is 0 Å². The van der Waals surface area contributed by atoms with E-state index in [9.17, 15) is 14.7 Å². The minimum Gasteiger partial charge on any atom is -0.478 e. The Hall–Kier alpha value is -2.70. The molecule has 2 aromatic rings. The van der Waals surface area contributed by atoms with E-state index < -0.39 is 5.97 Å². The molecule has 6 heteroatoms. The number of likely N-dealkylation sites (N-methyl/N-ethyl adjacent to an activating group) is 2. The maximum absolute atomic E-state index is 12.7. The number of morpholine rings is 1. The highest BCUT2D eigenvalue weighted by Crippen LogP contribution is 2.28. The van der Waals surface area contributed by atoms with Crippen molar-refractivity contribution in [3.63, 3.8) is 0 Å². The standard InChI is InChI=1S/C23H28N2O4/c1-24-14-15-29-20(22(24)18-9-4-3-5-10-18)16-25(2)21(26)13-12-17-8-6-7-11-19(17)23(27)28/h3-11,20,22H,12-16H2,1-2H3,(H,27,28)/t20-,22-/m0/s1. The van der Waals surface area contributed by atoms with Crippen LogP contribution in [-0.4, -0.2) is 66.7 Å². The van der Waals surface area contributed by atoms with Crippen molar-refractivity contribution in [2.45, 2.75) is 25.0 Å². The molecule has 1 amide bonds. The van der Waals surface area contributed by atoms with Gasteiger partial charge >= 0.3 is 5.97 Å². The predicted octanol–water partition coefficient (Wildman–Crippen LogP) is 2.85. The Labute approximate surface area is 171 Å². The number of carboxylic acids is 1. The van der Waals surface area contributed by atoms with Gasteiger partial charge in [-0.15, -0.1) is 0 Å². The van der Waals surface area contributed by atoms with E-state index in [4.69, 9.17) is 4.74 Å². The Kier molecular flexibility index (Phi) is 7.01. The molecule has 29 heavy (non-hydrogen) atoms. The van der Waals surface area contributed by atoms with Gasteiger partial charge in [0.1, 0.15) is 0 Å². The van der Waals surface area contributed by atoms with Crippen LogP contribution in [0.25, 0.3) is 0 Å². The van der Waals surface area contributed by atoms with E-state index >= 15 is 0 Å². The van der Waals surface area contributed by atoms with E-state index in [-0.39, 0.29) is 30.0 Å². The van der Waals surface area contributed by atoms with Crippen LogP contribution in [0.5, 0.6) is 0 Å². The molecule has 3 rings (SSSR count). The second-order valence-corrected chi connectivity index (χ2v) is 7.48. The minimum atomic E-state index is -0.967. The average molecular weight is 396 g/mol. The molecular weight excluding hydrogens is 368 g/mol. The number of ether oxygens (including phenoxy) is 1. The molecule has 1 aliphatic rings. The fraction of sp³-hybridized carbons (Fsp3) is 0.391. The summed E-state index contributed by atoms with van der Waals surface area (Å²) in [5.74, 6) is -0.987. The topological polar surface area (TPSA) is 70.1 Å². The fourth-order valence-corrected chi connectivity index (χ4v) is 3.89. The maximum Gasteiger partial charge on any atom is 0.335 e. The normalized spacial score (nSPS) is 19.7.